The van der Waals surface area contributed by atoms with Gasteiger partial charge in [-0.1, -0.05) is 11.6 Å². The molecule has 2 aromatic rings. The number of carbonyl (C=O) groups excluding carboxylic acids is 1. The monoisotopic (exact) mass is 343 g/mol. The Labute approximate surface area is 123 Å². The lowest BCUT2D eigenvalue weighted by atomic mass is 10.1. The molecule has 0 bridgehead atoms. The molecule has 1 heterocycles. The van der Waals surface area contributed by atoms with Crippen molar-refractivity contribution in [2.24, 2.45) is 0 Å². The van der Waals surface area contributed by atoms with Crippen molar-refractivity contribution in [2.45, 2.75) is 13.8 Å². The molecular weight excluding hydrogens is 334 g/mol. The Balaban J connectivity index is 2.54. The average Bonchev–Trinajstić information content (AvgIpc) is 2.83. The summed E-state index contributed by atoms with van der Waals surface area (Å²) in [6.45, 7) is 3.93. The normalized spacial score (nSPS) is 10.5. The van der Waals surface area contributed by atoms with E-state index in [-0.39, 0.29) is 12.3 Å². The van der Waals surface area contributed by atoms with Crippen molar-refractivity contribution in [3.05, 3.63) is 32.9 Å². The first-order chi connectivity index (χ1) is 9.04. The summed E-state index contributed by atoms with van der Waals surface area (Å²) in [5, 5.41) is 10.7. The number of hydrogen-bond donors (Lipinski definition) is 1. The Morgan fingerprint density at radius 2 is 2.21 bits per heavy atom. The van der Waals surface area contributed by atoms with Crippen LogP contribution in [0.2, 0.25) is 5.02 Å². The van der Waals surface area contributed by atoms with E-state index in [2.05, 4.69) is 31.3 Å². The number of nitrogens with zero attached hydrogens (tertiary/aromatic N) is 2. The van der Waals surface area contributed by atoms with Crippen LogP contribution in [-0.4, -0.2) is 28.0 Å². The fourth-order valence-corrected chi connectivity index (χ4v) is 2.43. The minimum absolute atomic E-state index is 0.126. The molecule has 0 radical (unpaired) electrons. The fraction of sp³-hybridized carbons (Fsp3) is 0.250. The number of aryl methyl sites for hydroxylation is 1. The highest BCUT2D eigenvalue weighted by molar-refractivity contribution is 9.10. The maximum Gasteiger partial charge on any atom is 0.361 e. The lowest BCUT2D eigenvalue weighted by molar-refractivity contribution is 0.0520. The molecule has 0 aliphatic carbocycles. The van der Waals surface area contributed by atoms with Crippen molar-refractivity contribution in [3.8, 4) is 11.3 Å². The number of rotatable bonds is 3. The van der Waals surface area contributed by atoms with Gasteiger partial charge in [-0.15, -0.1) is 5.10 Å². The van der Waals surface area contributed by atoms with Crippen LogP contribution < -0.4 is 0 Å². The zero-order valence-electron chi connectivity index (χ0n) is 10.3. The van der Waals surface area contributed by atoms with Crippen molar-refractivity contribution in [2.75, 3.05) is 6.61 Å². The summed E-state index contributed by atoms with van der Waals surface area (Å²) < 4.78 is 5.67. The van der Waals surface area contributed by atoms with E-state index in [0.717, 1.165) is 10.0 Å². The first-order valence-corrected chi connectivity index (χ1v) is 6.75. The highest BCUT2D eigenvalue weighted by Gasteiger charge is 2.21. The third-order valence-corrected chi connectivity index (χ3v) is 3.71. The maximum absolute atomic E-state index is 11.8. The Kier molecular flexibility index (Phi) is 4.21. The van der Waals surface area contributed by atoms with Gasteiger partial charge in [-0.05, 0) is 47.5 Å². The molecule has 1 N–H and O–H groups in total. The molecule has 0 amide bonds. The summed E-state index contributed by atoms with van der Waals surface area (Å²) in [6.07, 6.45) is 0. The maximum atomic E-state index is 11.8. The predicted molar refractivity (Wildman–Crippen MR) is 75.2 cm³/mol. The molecule has 100 valence electrons. The lowest BCUT2D eigenvalue weighted by Gasteiger charge is -2.06. The topological polar surface area (TPSA) is 67.9 Å². The van der Waals surface area contributed by atoms with E-state index in [1.54, 1.807) is 6.92 Å². The number of carbonyl (C=O) groups is 1. The largest absolute Gasteiger partial charge is 0.461 e. The number of halogens is 2. The minimum Gasteiger partial charge on any atom is -0.461 e. The molecule has 0 aliphatic rings. The van der Waals surface area contributed by atoms with Gasteiger partial charge in [0, 0.05) is 10.0 Å². The van der Waals surface area contributed by atoms with Crippen LogP contribution in [0.4, 0.5) is 0 Å². The number of H-pyrrole nitrogens is 1. The molecule has 0 fully saturated rings. The summed E-state index contributed by atoms with van der Waals surface area (Å²) in [4.78, 5) is 11.8. The molecule has 0 saturated heterocycles. The second-order valence-corrected chi connectivity index (χ2v) is 5.08. The minimum atomic E-state index is -0.528. The summed E-state index contributed by atoms with van der Waals surface area (Å²) in [5.41, 5.74) is 2.13. The molecule has 5 nitrogen and oxygen atoms in total. The van der Waals surface area contributed by atoms with Crippen LogP contribution in [0.1, 0.15) is 23.0 Å². The molecule has 19 heavy (non-hydrogen) atoms. The van der Waals surface area contributed by atoms with Crippen LogP contribution in [0.3, 0.4) is 0 Å². The molecule has 0 saturated carbocycles. The van der Waals surface area contributed by atoms with E-state index in [0.29, 0.717) is 16.3 Å². The van der Waals surface area contributed by atoms with E-state index in [9.17, 15) is 4.79 Å². The van der Waals surface area contributed by atoms with Crippen LogP contribution in [0.15, 0.2) is 16.6 Å². The van der Waals surface area contributed by atoms with E-state index in [1.807, 2.05) is 19.1 Å². The highest BCUT2D eigenvalue weighted by Crippen LogP contribution is 2.35. The van der Waals surface area contributed by atoms with Crippen LogP contribution in [0.25, 0.3) is 11.3 Å². The van der Waals surface area contributed by atoms with Crippen molar-refractivity contribution in [1.29, 1.82) is 0 Å². The number of nitrogens with one attached hydrogen (secondary N) is 1. The van der Waals surface area contributed by atoms with Gasteiger partial charge in [-0.3, -0.25) is 0 Å². The van der Waals surface area contributed by atoms with Gasteiger partial charge in [-0.2, -0.15) is 10.3 Å². The van der Waals surface area contributed by atoms with Gasteiger partial charge in [0.25, 0.3) is 0 Å². The van der Waals surface area contributed by atoms with Gasteiger partial charge in [0.1, 0.15) is 5.69 Å². The average molecular weight is 345 g/mol. The van der Waals surface area contributed by atoms with E-state index < -0.39 is 5.97 Å². The second-order valence-electron chi connectivity index (χ2n) is 3.85. The van der Waals surface area contributed by atoms with Crippen LogP contribution in [0, 0.1) is 6.92 Å². The van der Waals surface area contributed by atoms with Crippen molar-refractivity contribution in [3.63, 3.8) is 0 Å². The first-order valence-electron chi connectivity index (χ1n) is 5.58. The predicted octanol–water partition coefficient (Wildman–Crippen LogP) is 3.37. The van der Waals surface area contributed by atoms with Gasteiger partial charge < -0.3 is 4.74 Å². The highest BCUT2D eigenvalue weighted by atomic mass is 79.9. The quantitative estimate of drug-likeness (QED) is 0.867. The van der Waals surface area contributed by atoms with Crippen LogP contribution in [-0.2, 0) is 4.74 Å². The Morgan fingerprint density at radius 1 is 1.47 bits per heavy atom. The van der Waals surface area contributed by atoms with Gasteiger partial charge in [0.05, 0.1) is 11.6 Å². The van der Waals surface area contributed by atoms with Crippen molar-refractivity contribution >= 4 is 33.5 Å². The summed E-state index contributed by atoms with van der Waals surface area (Å²) in [6, 6.07) is 3.73. The number of benzene rings is 1. The molecule has 0 spiro atoms. The smallest absolute Gasteiger partial charge is 0.361 e. The summed E-state index contributed by atoms with van der Waals surface area (Å²) >= 11 is 9.60. The van der Waals surface area contributed by atoms with Gasteiger partial charge in [0.15, 0.2) is 5.69 Å². The summed E-state index contributed by atoms with van der Waals surface area (Å²) in [7, 11) is 0. The zero-order valence-corrected chi connectivity index (χ0v) is 12.7. The van der Waals surface area contributed by atoms with Crippen molar-refractivity contribution in [1.82, 2.24) is 15.4 Å². The van der Waals surface area contributed by atoms with Crippen LogP contribution >= 0.6 is 27.5 Å². The molecule has 0 atom stereocenters. The Hall–Kier alpha value is -1.40. The number of aromatic nitrogens is 3. The molecule has 0 aliphatic heterocycles. The molecular formula is C12H11BrClN3O2. The molecule has 1 aromatic heterocycles. The van der Waals surface area contributed by atoms with E-state index >= 15 is 0 Å². The van der Waals surface area contributed by atoms with E-state index in [1.165, 1.54) is 0 Å². The number of aromatic amines is 1. The van der Waals surface area contributed by atoms with Crippen molar-refractivity contribution < 1.29 is 9.53 Å². The number of ether oxygens (including phenoxy) is 1. The molecule has 1 aromatic carbocycles. The Bertz CT molecular complexity index is 627. The molecule has 0 unspecified atom stereocenters. The number of hydrogen-bond acceptors (Lipinski definition) is 4. The third-order valence-electron chi connectivity index (χ3n) is 2.44. The van der Waals surface area contributed by atoms with Gasteiger partial charge >= 0.3 is 5.97 Å². The Morgan fingerprint density at radius 3 is 2.89 bits per heavy atom. The third kappa shape index (κ3) is 2.79. The van der Waals surface area contributed by atoms with Crippen LogP contribution in [0.5, 0.6) is 0 Å². The summed E-state index contributed by atoms with van der Waals surface area (Å²) in [5.74, 6) is -0.528. The van der Waals surface area contributed by atoms with Gasteiger partial charge in [0.2, 0.25) is 0 Å². The SMILES string of the molecule is CCOC(=O)c1n[nH]nc1-c1cc(C)cc(Br)c1Cl. The fourth-order valence-electron chi connectivity index (χ4n) is 1.66. The zero-order chi connectivity index (χ0) is 14.0. The first kappa shape index (κ1) is 14.0. The lowest BCUT2D eigenvalue weighted by Crippen LogP contribution is -2.07. The van der Waals surface area contributed by atoms with E-state index in [4.69, 9.17) is 16.3 Å². The molecule has 7 heteroatoms. The standard InChI is InChI=1S/C12H11BrClN3O2/c1-3-19-12(18)11-10(15-17-16-11)7-4-6(2)5-8(13)9(7)14/h4-5H,3H2,1-2H3,(H,15,16,17). The van der Waals surface area contributed by atoms with Gasteiger partial charge in [-0.25, -0.2) is 4.79 Å². The molecule has 2 rings (SSSR count). The second kappa shape index (κ2) is 5.71. The number of esters is 1.